The van der Waals surface area contributed by atoms with Gasteiger partial charge in [0.2, 0.25) is 0 Å². The van der Waals surface area contributed by atoms with Crippen LogP contribution in [0.25, 0.3) is 11.0 Å². The third kappa shape index (κ3) is 3.64. The number of hydrogen-bond donors (Lipinski definition) is 3. The monoisotopic (exact) mass is 353 g/mol. The summed E-state index contributed by atoms with van der Waals surface area (Å²) < 4.78 is 5.63. The average Bonchev–Trinajstić information content (AvgIpc) is 2.97. The molecule has 1 amide bonds. The molecule has 2 aromatic carbocycles. The Balaban J connectivity index is 1.65. The van der Waals surface area contributed by atoms with Crippen molar-refractivity contribution in [3.63, 3.8) is 0 Å². The second kappa shape index (κ2) is 7.36. The van der Waals surface area contributed by atoms with Crippen molar-refractivity contribution < 1.29 is 9.21 Å². The van der Waals surface area contributed by atoms with E-state index in [1.165, 1.54) is 0 Å². The minimum atomic E-state index is -0.373. The van der Waals surface area contributed by atoms with Gasteiger partial charge in [0.15, 0.2) is 10.9 Å². The van der Waals surface area contributed by atoms with Crippen LogP contribution in [0.15, 0.2) is 52.9 Å². The van der Waals surface area contributed by atoms with Crippen molar-refractivity contribution >= 4 is 39.9 Å². The molecular weight excluding hydrogens is 334 g/mol. The number of hydrazine groups is 1. The summed E-state index contributed by atoms with van der Waals surface area (Å²) in [6.45, 7) is 3.93. The van der Waals surface area contributed by atoms with Gasteiger partial charge < -0.3 is 9.73 Å². The van der Waals surface area contributed by atoms with Crippen molar-refractivity contribution in [2.45, 2.75) is 20.3 Å². The minimum Gasteiger partial charge on any atom is -0.451 e. The minimum absolute atomic E-state index is 0.269. The Morgan fingerprint density at radius 1 is 1.08 bits per heavy atom. The number of carbonyl (C=O) groups excluding carboxylic acids is 1. The highest BCUT2D eigenvalue weighted by molar-refractivity contribution is 7.80. The summed E-state index contributed by atoms with van der Waals surface area (Å²) in [5, 5.41) is 4.31. The van der Waals surface area contributed by atoms with E-state index in [4.69, 9.17) is 16.6 Å². The molecule has 1 heterocycles. The maximum atomic E-state index is 12.4. The van der Waals surface area contributed by atoms with Gasteiger partial charge >= 0.3 is 5.91 Å². The maximum absolute atomic E-state index is 12.4. The molecule has 0 radical (unpaired) electrons. The predicted octanol–water partition coefficient (Wildman–Crippen LogP) is 3.94. The van der Waals surface area contributed by atoms with Gasteiger partial charge in [-0.3, -0.25) is 15.6 Å². The number of rotatable bonds is 3. The molecule has 0 aliphatic heterocycles. The summed E-state index contributed by atoms with van der Waals surface area (Å²) in [7, 11) is 0. The largest absolute Gasteiger partial charge is 0.451 e. The summed E-state index contributed by atoms with van der Waals surface area (Å²) in [6.07, 6.45) is 0.885. The molecule has 0 unspecified atom stereocenters. The lowest BCUT2D eigenvalue weighted by Crippen LogP contribution is -2.43. The molecular formula is C19H19N3O2S. The summed E-state index contributed by atoms with van der Waals surface area (Å²) in [6, 6.07) is 15.4. The maximum Gasteiger partial charge on any atom is 0.305 e. The smallest absolute Gasteiger partial charge is 0.305 e. The Kier molecular flexibility index (Phi) is 5.00. The topological polar surface area (TPSA) is 66.3 Å². The SMILES string of the molecule is CCc1ccccc1NC(=S)NNC(=O)c1oc2ccccc2c1C. The van der Waals surface area contributed by atoms with Crippen LogP contribution in [-0.4, -0.2) is 11.0 Å². The molecule has 0 fully saturated rings. The molecule has 5 nitrogen and oxygen atoms in total. The average molecular weight is 353 g/mol. The van der Waals surface area contributed by atoms with E-state index in [0.717, 1.165) is 28.6 Å². The van der Waals surface area contributed by atoms with Crippen LogP contribution in [0.3, 0.4) is 0 Å². The second-order valence-corrected chi connectivity index (χ2v) is 6.00. The number of anilines is 1. The molecule has 0 aliphatic rings. The van der Waals surface area contributed by atoms with Gasteiger partial charge in [-0.2, -0.15) is 0 Å². The number of para-hydroxylation sites is 2. The van der Waals surface area contributed by atoms with Crippen LogP contribution in [0, 0.1) is 6.92 Å². The van der Waals surface area contributed by atoms with E-state index in [0.29, 0.717) is 10.7 Å². The lowest BCUT2D eigenvalue weighted by molar-refractivity contribution is 0.0917. The van der Waals surface area contributed by atoms with Crippen molar-refractivity contribution in [1.29, 1.82) is 0 Å². The quantitative estimate of drug-likeness (QED) is 0.492. The van der Waals surface area contributed by atoms with Crippen LogP contribution in [0.1, 0.15) is 28.6 Å². The van der Waals surface area contributed by atoms with Crippen LogP contribution in [0.4, 0.5) is 5.69 Å². The second-order valence-electron chi connectivity index (χ2n) is 5.60. The van der Waals surface area contributed by atoms with Gasteiger partial charge in [-0.1, -0.05) is 43.3 Å². The standard InChI is InChI=1S/C19H19N3O2S/c1-3-13-8-4-6-10-15(13)20-19(25)22-21-18(23)17-12(2)14-9-5-7-11-16(14)24-17/h4-11H,3H2,1-2H3,(H,21,23)(H2,20,22,25). The Morgan fingerprint density at radius 2 is 1.80 bits per heavy atom. The molecule has 0 saturated heterocycles. The predicted molar refractivity (Wildman–Crippen MR) is 104 cm³/mol. The number of benzene rings is 2. The Bertz CT molecular complexity index is 933. The van der Waals surface area contributed by atoms with Gasteiger partial charge in [0.25, 0.3) is 0 Å². The highest BCUT2D eigenvalue weighted by Crippen LogP contribution is 2.24. The molecule has 128 valence electrons. The summed E-state index contributed by atoms with van der Waals surface area (Å²) in [4.78, 5) is 12.4. The zero-order chi connectivity index (χ0) is 17.8. The van der Waals surface area contributed by atoms with Crippen molar-refractivity contribution in [2.75, 3.05) is 5.32 Å². The molecule has 3 N–H and O–H groups in total. The first-order valence-corrected chi connectivity index (χ1v) is 8.44. The van der Waals surface area contributed by atoms with Crippen LogP contribution >= 0.6 is 12.2 Å². The number of fused-ring (bicyclic) bond motifs is 1. The highest BCUT2D eigenvalue weighted by Gasteiger charge is 2.17. The van der Waals surface area contributed by atoms with Crippen LogP contribution in [-0.2, 0) is 6.42 Å². The van der Waals surface area contributed by atoms with E-state index >= 15 is 0 Å². The van der Waals surface area contributed by atoms with E-state index < -0.39 is 0 Å². The third-order valence-corrected chi connectivity index (χ3v) is 4.19. The van der Waals surface area contributed by atoms with Gasteiger partial charge in [0.1, 0.15) is 5.58 Å². The lowest BCUT2D eigenvalue weighted by atomic mass is 10.1. The fraction of sp³-hybridized carbons (Fsp3) is 0.158. The first-order chi connectivity index (χ1) is 12.1. The molecule has 3 aromatic rings. The van der Waals surface area contributed by atoms with Crippen molar-refractivity contribution in [3.8, 4) is 0 Å². The third-order valence-electron chi connectivity index (χ3n) is 3.99. The van der Waals surface area contributed by atoms with Gasteiger partial charge in [0.05, 0.1) is 0 Å². The fourth-order valence-electron chi connectivity index (χ4n) is 2.67. The lowest BCUT2D eigenvalue weighted by Gasteiger charge is -2.13. The molecule has 3 rings (SSSR count). The van der Waals surface area contributed by atoms with Crippen molar-refractivity contribution in [2.24, 2.45) is 0 Å². The summed E-state index contributed by atoms with van der Waals surface area (Å²) in [5.74, 6) is -0.105. The normalized spacial score (nSPS) is 10.5. The number of hydrogen-bond acceptors (Lipinski definition) is 3. The number of amides is 1. The van der Waals surface area contributed by atoms with Gasteiger partial charge in [0, 0.05) is 16.6 Å². The Labute approximate surface area is 151 Å². The van der Waals surface area contributed by atoms with E-state index in [1.54, 1.807) is 0 Å². The highest BCUT2D eigenvalue weighted by atomic mass is 32.1. The number of nitrogens with one attached hydrogen (secondary N) is 3. The van der Waals surface area contributed by atoms with Gasteiger partial charge in [-0.25, -0.2) is 0 Å². The molecule has 0 atom stereocenters. The number of carbonyl (C=O) groups is 1. The number of thiocarbonyl (C=S) groups is 1. The van der Waals surface area contributed by atoms with E-state index in [2.05, 4.69) is 23.1 Å². The fourth-order valence-corrected chi connectivity index (χ4v) is 2.83. The van der Waals surface area contributed by atoms with E-state index in [1.807, 2.05) is 55.5 Å². The first-order valence-electron chi connectivity index (χ1n) is 8.03. The molecule has 0 spiro atoms. The number of furan rings is 1. The summed E-state index contributed by atoms with van der Waals surface area (Å²) >= 11 is 5.24. The molecule has 0 saturated carbocycles. The Morgan fingerprint density at radius 3 is 2.56 bits per heavy atom. The molecule has 0 aliphatic carbocycles. The molecule has 0 bridgehead atoms. The first kappa shape index (κ1) is 17.0. The van der Waals surface area contributed by atoms with Gasteiger partial charge in [-0.15, -0.1) is 0 Å². The number of aryl methyl sites for hydroxylation is 2. The van der Waals surface area contributed by atoms with Crippen LogP contribution in [0.5, 0.6) is 0 Å². The zero-order valence-corrected chi connectivity index (χ0v) is 14.9. The van der Waals surface area contributed by atoms with Crippen molar-refractivity contribution in [1.82, 2.24) is 10.9 Å². The van der Waals surface area contributed by atoms with Crippen LogP contribution in [0.2, 0.25) is 0 Å². The van der Waals surface area contributed by atoms with E-state index in [-0.39, 0.29) is 11.7 Å². The van der Waals surface area contributed by atoms with Crippen LogP contribution < -0.4 is 16.2 Å². The zero-order valence-electron chi connectivity index (χ0n) is 14.1. The van der Waals surface area contributed by atoms with Crippen molar-refractivity contribution in [3.05, 3.63) is 65.4 Å². The molecule has 1 aromatic heterocycles. The molecule has 25 heavy (non-hydrogen) atoms. The summed E-state index contributed by atoms with van der Waals surface area (Å²) in [5.41, 5.74) is 8.82. The van der Waals surface area contributed by atoms with Gasteiger partial charge in [-0.05, 0) is 43.3 Å². The molecule has 6 heteroatoms. The van der Waals surface area contributed by atoms with E-state index in [9.17, 15) is 4.79 Å². The Hall–Kier alpha value is -2.86.